The maximum Gasteiger partial charge on any atom is 0.154 e. The van der Waals surface area contributed by atoms with Gasteiger partial charge in [0.2, 0.25) is 0 Å². The van der Waals surface area contributed by atoms with Crippen LogP contribution in [0.1, 0.15) is 43.0 Å². The van der Waals surface area contributed by atoms with Crippen molar-refractivity contribution in [3.05, 3.63) is 76.7 Å². The first-order valence-electron chi connectivity index (χ1n) is 9.47. The zero-order valence-corrected chi connectivity index (χ0v) is 16.3. The number of fused-ring (bicyclic) bond motifs is 3. The molecule has 2 atom stereocenters. The summed E-state index contributed by atoms with van der Waals surface area (Å²) in [5.41, 5.74) is 4.92. The molecule has 2 aromatic rings. The second kappa shape index (κ2) is 7.23. The van der Waals surface area contributed by atoms with Crippen LogP contribution in [0.5, 0.6) is 5.75 Å². The fourth-order valence-corrected chi connectivity index (χ4v) is 4.29. The molecular formula is C23H23FN2O2. The Morgan fingerprint density at radius 1 is 1.25 bits per heavy atom. The monoisotopic (exact) mass is 378 g/mol. The SMILES string of the molecule is COc1ccc2c(c1)C1=NN(C(C)=CC(C)=O)[C@@H](c3cccc(F)c3)[C@@H]1CC2. The average Bonchev–Trinajstić information content (AvgIpc) is 3.07. The van der Waals surface area contributed by atoms with E-state index in [-0.39, 0.29) is 23.6 Å². The van der Waals surface area contributed by atoms with Gasteiger partial charge in [-0.05, 0) is 62.1 Å². The molecule has 0 saturated carbocycles. The summed E-state index contributed by atoms with van der Waals surface area (Å²) in [6.07, 6.45) is 3.43. The lowest BCUT2D eigenvalue weighted by Gasteiger charge is -2.31. The van der Waals surface area contributed by atoms with Gasteiger partial charge in [-0.3, -0.25) is 9.80 Å². The van der Waals surface area contributed by atoms with E-state index < -0.39 is 0 Å². The van der Waals surface area contributed by atoms with Crippen LogP contribution in [0.2, 0.25) is 0 Å². The fourth-order valence-electron chi connectivity index (χ4n) is 4.29. The van der Waals surface area contributed by atoms with Crippen molar-refractivity contribution in [1.82, 2.24) is 5.01 Å². The average molecular weight is 378 g/mol. The van der Waals surface area contributed by atoms with E-state index >= 15 is 0 Å². The molecule has 4 nitrogen and oxygen atoms in total. The Morgan fingerprint density at radius 3 is 2.79 bits per heavy atom. The van der Waals surface area contributed by atoms with Crippen molar-refractivity contribution in [2.24, 2.45) is 11.0 Å². The van der Waals surface area contributed by atoms with Crippen LogP contribution in [-0.4, -0.2) is 23.6 Å². The van der Waals surface area contributed by atoms with Gasteiger partial charge in [0.15, 0.2) is 5.78 Å². The summed E-state index contributed by atoms with van der Waals surface area (Å²) in [5.74, 6) is 0.611. The molecule has 0 fully saturated rings. The van der Waals surface area contributed by atoms with Gasteiger partial charge in [-0.2, -0.15) is 5.10 Å². The Labute approximate surface area is 164 Å². The van der Waals surface area contributed by atoms with E-state index in [4.69, 9.17) is 9.84 Å². The molecule has 5 heteroatoms. The maximum atomic E-state index is 14.0. The van der Waals surface area contributed by atoms with Gasteiger partial charge >= 0.3 is 0 Å². The summed E-state index contributed by atoms with van der Waals surface area (Å²) < 4.78 is 19.4. The lowest BCUT2D eigenvalue weighted by atomic mass is 9.77. The topological polar surface area (TPSA) is 41.9 Å². The van der Waals surface area contributed by atoms with E-state index in [0.29, 0.717) is 0 Å². The fraction of sp³-hybridized carbons (Fsp3) is 0.304. The molecule has 2 aliphatic rings. The Hall–Kier alpha value is -2.95. The largest absolute Gasteiger partial charge is 0.497 e. The minimum Gasteiger partial charge on any atom is -0.497 e. The number of hydrogen-bond acceptors (Lipinski definition) is 4. The van der Waals surface area contributed by atoms with Crippen molar-refractivity contribution in [2.75, 3.05) is 7.11 Å². The number of carbonyl (C=O) groups excluding carboxylic acids is 1. The number of aryl methyl sites for hydroxylation is 1. The van der Waals surface area contributed by atoms with Gasteiger partial charge < -0.3 is 4.74 Å². The van der Waals surface area contributed by atoms with Crippen LogP contribution < -0.4 is 4.74 Å². The van der Waals surface area contributed by atoms with Crippen LogP contribution in [0.4, 0.5) is 4.39 Å². The number of ketones is 1. The smallest absolute Gasteiger partial charge is 0.154 e. The van der Waals surface area contributed by atoms with Crippen molar-refractivity contribution < 1.29 is 13.9 Å². The van der Waals surface area contributed by atoms with Gasteiger partial charge in [0, 0.05) is 23.3 Å². The maximum absolute atomic E-state index is 14.0. The number of benzene rings is 2. The molecule has 0 radical (unpaired) electrons. The van der Waals surface area contributed by atoms with Crippen LogP contribution in [0, 0.1) is 11.7 Å². The molecule has 0 aromatic heterocycles. The lowest BCUT2D eigenvalue weighted by Crippen LogP contribution is -2.28. The third-order valence-electron chi connectivity index (χ3n) is 5.49. The third kappa shape index (κ3) is 3.21. The number of hydrogen-bond donors (Lipinski definition) is 0. The van der Waals surface area contributed by atoms with E-state index in [2.05, 4.69) is 6.07 Å². The zero-order valence-electron chi connectivity index (χ0n) is 16.3. The van der Waals surface area contributed by atoms with Gasteiger partial charge in [0.1, 0.15) is 11.6 Å². The number of allylic oxidation sites excluding steroid dienone is 2. The quantitative estimate of drug-likeness (QED) is 0.727. The Kier molecular flexibility index (Phi) is 4.75. The summed E-state index contributed by atoms with van der Waals surface area (Å²) in [5, 5.41) is 6.80. The van der Waals surface area contributed by atoms with Crippen LogP contribution in [0.3, 0.4) is 0 Å². The second-order valence-electron chi connectivity index (χ2n) is 7.39. The highest BCUT2D eigenvalue weighted by Gasteiger charge is 2.42. The molecule has 1 aliphatic heterocycles. The normalized spacial score (nSPS) is 21.1. The molecule has 0 unspecified atom stereocenters. The third-order valence-corrected chi connectivity index (χ3v) is 5.49. The van der Waals surface area contributed by atoms with Crippen molar-refractivity contribution in [1.29, 1.82) is 0 Å². The Morgan fingerprint density at radius 2 is 2.07 bits per heavy atom. The van der Waals surface area contributed by atoms with Crippen molar-refractivity contribution in [2.45, 2.75) is 32.7 Å². The van der Waals surface area contributed by atoms with Gasteiger partial charge in [-0.1, -0.05) is 18.2 Å². The highest BCUT2D eigenvalue weighted by atomic mass is 19.1. The molecule has 144 valence electrons. The number of rotatable bonds is 4. The van der Waals surface area contributed by atoms with Crippen LogP contribution >= 0.6 is 0 Å². The molecule has 0 bridgehead atoms. The molecule has 1 heterocycles. The van der Waals surface area contributed by atoms with Crippen molar-refractivity contribution in [3.8, 4) is 5.75 Å². The van der Waals surface area contributed by atoms with Crippen LogP contribution in [0.15, 0.2) is 59.3 Å². The minimum absolute atomic E-state index is 0.0346. The molecule has 0 amide bonds. The first kappa shape index (κ1) is 18.4. The van der Waals surface area contributed by atoms with Crippen LogP contribution in [0.25, 0.3) is 0 Å². The standard InChI is InChI=1S/C23H23FN2O2/c1-14(11-15(2)27)26-23(17-5-4-6-18(24)12-17)20-10-8-16-7-9-19(28-3)13-21(16)22(20)25-26/h4-7,9,11-13,20,23H,8,10H2,1-3H3/t20-,23+/m1/s1. The van der Waals surface area contributed by atoms with Gasteiger partial charge in [0.25, 0.3) is 0 Å². The molecule has 2 aromatic carbocycles. The zero-order chi connectivity index (χ0) is 19.8. The van der Waals surface area contributed by atoms with Gasteiger partial charge in [0.05, 0.1) is 18.9 Å². The lowest BCUT2D eigenvalue weighted by molar-refractivity contribution is -0.112. The Bertz CT molecular complexity index is 996. The molecule has 28 heavy (non-hydrogen) atoms. The van der Waals surface area contributed by atoms with Gasteiger partial charge in [-0.15, -0.1) is 0 Å². The summed E-state index contributed by atoms with van der Waals surface area (Å²) in [6, 6.07) is 12.6. The molecule has 0 spiro atoms. The second-order valence-corrected chi connectivity index (χ2v) is 7.39. The number of halogens is 1. The molecule has 0 saturated heterocycles. The van der Waals surface area contributed by atoms with Gasteiger partial charge in [-0.25, -0.2) is 4.39 Å². The number of hydrazone groups is 1. The highest BCUT2D eigenvalue weighted by molar-refractivity contribution is 6.06. The number of ether oxygens (including phenoxy) is 1. The summed E-state index contributed by atoms with van der Waals surface area (Å²) in [4.78, 5) is 11.7. The predicted octanol–water partition coefficient (Wildman–Crippen LogP) is 4.65. The van der Waals surface area contributed by atoms with E-state index in [0.717, 1.165) is 41.1 Å². The Balaban J connectivity index is 1.84. The van der Waals surface area contributed by atoms with E-state index in [1.54, 1.807) is 25.3 Å². The summed E-state index contributed by atoms with van der Waals surface area (Å²) in [6.45, 7) is 3.40. The van der Waals surface area contributed by atoms with Crippen molar-refractivity contribution in [3.63, 3.8) is 0 Å². The highest BCUT2D eigenvalue weighted by Crippen LogP contribution is 2.45. The first-order valence-corrected chi connectivity index (χ1v) is 9.47. The number of methoxy groups -OCH3 is 1. The summed E-state index contributed by atoms with van der Waals surface area (Å²) in [7, 11) is 1.65. The number of nitrogens with zero attached hydrogens (tertiary/aromatic N) is 2. The van der Waals surface area contributed by atoms with E-state index in [1.807, 2.05) is 30.1 Å². The first-order chi connectivity index (χ1) is 13.5. The predicted molar refractivity (Wildman–Crippen MR) is 107 cm³/mol. The molecule has 4 rings (SSSR count). The summed E-state index contributed by atoms with van der Waals surface area (Å²) >= 11 is 0. The molecule has 0 N–H and O–H groups in total. The van der Waals surface area contributed by atoms with Crippen LogP contribution in [-0.2, 0) is 11.2 Å². The van der Waals surface area contributed by atoms with E-state index in [9.17, 15) is 9.18 Å². The number of carbonyl (C=O) groups is 1. The molecule has 1 aliphatic carbocycles. The minimum atomic E-state index is -0.267. The van der Waals surface area contributed by atoms with E-state index in [1.165, 1.54) is 18.6 Å². The molecular weight excluding hydrogens is 355 g/mol. The van der Waals surface area contributed by atoms with Crippen molar-refractivity contribution >= 4 is 11.5 Å².